The molecule has 3 nitrogen and oxygen atoms in total. The van der Waals surface area contributed by atoms with E-state index >= 15 is 0 Å². The number of hydroxylamine groups is 1. The zero-order valence-electron chi connectivity index (χ0n) is 11.2. The van der Waals surface area contributed by atoms with Crippen LogP contribution in [0.15, 0.2) is 54.6 Å². The zero-order valence-corrected chi connectivity index (χ0v) is 11.9. The number of rotatable bonds is 6. The van der Waals surface area contributed by atoms with Gasteiger partial charge in [0.05, 0.1) is 13.2 Å². The minimum absolute atomic E-state index is 0.0417. The molecule has 0 saturated carbocycles. The van der Waals surface area contributed by atoms with Gasteiger partial charge < -0.3 is 4.84 Å². The number of ketones is 1. The zero-order chi connectivity index (χ0) is 14.4. The molecule has 4 heteroatoms. The Hall–Kier alpha value is -1.68. The minimum atomic E-state index is -0.177. The molecule has 0 unspecified atom stereocenters. The monoisotopic (exact) mass is 289 g/mol. The van der Waals surface area contributed by atoms with Crippen LogP contribution in [0.2, 0.25) is 5.02 Å². The molecule has 104 valence electrons. The highest BCUT2D eigenvalue weighted by atomic mass is 35.5. The van der Waals surface area contributed by atoms with Crippen LogP contribution in [-0.4, -0.2) is 12.9 Å². The molecule has 2 aromatic carbocycles. The van der Waals surface area contributed by atoms with Crippen molar-refractivity contribution in [3.63, 3.8) is 0 Å². The maximum atomic E-state index is 12.3. The van der Waals surface area contributed by atoms with Crippen molar-refractivity contribution in [1.29, 1.82) is 0 Å². The predicted octanol–water partition coefficient (Wildman–Crippen LogP) is 3.81. The van der Waals surface area contributed by atoms with E-state index in [2.05, 4.69) is 5.48 Å². The van der Waals surface area contributed by atoms with Gasteiger partial charge in [0.15, 0.2) is 5.78 Å². The Morgan fingerprint density at radius 3 is 2.40 bits per heavy atom. The summed E-state index contributed by atoms with van der Waals surface area (Å²) in [5.74, 6) is 0.0417. The predicted molar refractivity (Wildman–Crippen MR) is 79.7 cm³/mol. The standard InChI is InChI=1S/C16H16ClNO2/c1-20-18-15(12-5-3-2-4-6-12)11-16(19)13-7-9-14(17)10-8-13/h2-10,15,18H,11H2,1H3/t15-/m0/s1. The molecule has 0 aromatic heterocycles. The molecular formula is C16H16ClNO2. The summed E-state index contributed by atoms with van der Waals surface area (Å²) in [7, 11) is 1.54. The molecule has 1 atom stereocenters. The highest BCUT2D eigenvalue weighted by molar-refractivity contribution is 6.30. The smallest absolute Gasteiger partial charge is 0.164 e. The van der Waals surface area contributed by atoms with Crippen LogP contribution in [-0.2, 0) is 4.84 Å². The molecule has 0 heterocycles. The van der Waals surface area contributed by atoms with Crippen molar-refractivity contribution in [2.45, 2.75) is 12.5 Å². The molecule has 0 aliphatic rings. The summed E-state index contributed by atoms with van der Waals surface area (Å²) in [6.07, 6.45) is 0.319. The normalized spacial score (nSPS) is 12.1. The molecule has 0 aliphatic heterocycles. The van der Waals surface area contributed by atoms with Gasteiger partial charge in [-0.15, -0.1) is 0 Å². The summed E-state index contributed by atoms with van der Waals surface area (Å²) >= 11 is 5.82. The topological polar surface area (TPSA) is 38.3 Å². The van der Waals surface area contributed by atoms with Crippen molar-refractivity contribution in [3.05, 3.63) is 70.7 Å². The van der Waals surface area contributed by atoms with Crippen LogP contribution >= 0.6 is 11.6 Å². The Kier molecular flexibility index (Phi) is 5.30. The molecule has 0 amide bonds. The number of hydrogen-bond donors (Lipinski definition) is 1. The fourth-order valence-corrected chi connectivity index (χ4v) is 2.12. The number of hydrogen-bond acceptors (Lipinski definition) is 3. The van der Waals surface area contributed by atoms with E-state index in [4.69, 9.17) is 16.4 Å². The number of benzene rings is 2. The van der Waals surface area contributed by atoms with Crippen LogP contribution in [0.25, 0.3) is 0 Å². The first kappa shape index (κ1) is 14.7. The Labute approximate surface area is 123 Å². The first-order valence-corrected chi connectivity index (χ1v) is 6.70. The second-order valence-electron chi connectivity index (χ2n) is 4.42. The summed E-state index contributed by atoms with van der Waals surface area (Å²) in [5.41, 5.74) is 4.52. The third-order valence-corrected chi connectivity index (χ3v) is 3.27. The molecule has 0 saturated heterocycles. The van der Waals surface area contributed by atoms with E-state index in [1.165, 1.54) is 0 Å². The van der Waals surface area contributed by atoms with Crippen LogP contribution in [0.4, 0.5) is 0 Å². The first-order valence-electron chi connectivity index (χ1n) is 6.33. The van der Waals surface area contributed by atoms with Crippen molar-refractivity contribution in [1.82, 2.24) is 5.48 Å². The lowest BCUT2D eigenvalue weighted by molar-refractivity contribution is 0.0545. The molecule has 0 bridgehead atoms. The molecule has 20 heavy (non-hydrogen) atoms. The van der Waals surface area contributed by atoms with Crippen molar-refractivity contribution >= 4 is 17.4 Å². The Balaban J connectivity index is 2.12. The van der Waals surface area contributed by atoms with Crippen LogP contribution in [0.5, 0.6) is 0 Å². The largest absolute Gasteiger partial charge is 0.305 e. The van der Waals surface area contributed by atoms with Crippen LogP contribution in [0, 0.1) is 0 Å². The van der Waals surface area contributed by atoms with E-state index in [9.17, 15) is 4.79 Å². The lowest BCUT2D eigenvalue weighted by Gasteiger charge is -2.17. The first-order chi connectivity index (χ1) is 9.70. The van der Waals surface area contributed by atoms with Gasteiger partial charge in [-0.1, -0.05) is 41.9 Å². The fraction of sp³-hybridized carbons (Fsp3) is 0.188. The highest BCUT2D eigenvalue weighted by Gasteiger charge is 2.16. The Bertz CT molecular complexity index is 554. The average Bonchev–Trinajstić information content (AvgIpc) is 2.48. The van der Waals surface area contributed by atoms with Crippen molar-refractivity contribution in [3.8, 4) is 0 Å². The molecule has 2 aromatic rings. The molecule has 0 spiro atoms. The molecule has 0 radical (unpaired) electrons. The van der Waals surface area contributed by atoms with Crippen molar-refractivity contribution < 1.29 is 9.63 Å². The fourth-order valence-electron chi connectivity index (χ4n) is 1.99. The maximum absolute atomic E-state index is 12.3. The summed E-state index contributed by atoms with van der Waals surface area (Å²) in [4.78, 5) is 17.3. The van der Waals surface area contributed by atoms with Gasteiger partial charge in [-0.2, -0.15) is 5.48 Å². The second-order valence-corrected chi connectivity index (χ2v) is 4.86. The van der Waals surface area contributed by atoms with E-state index in [0.717, 1.165) is 5.56 Å². The van der Waals surface area contributed by atoms with Gasteiger partial charge in [-0.3, -0.25) is 4.79 Å². The summed E-state index contributed by atoms with van der Waals surface area (Å²) in [6.45, 7) is 0. The van der Waals surface area contributed by atoms with Crippen molar-refractivity contribution in [2.24, 2.45) is 0 Å². The Morgan fingerprint density at radius 1 is 1.15 bits per heavy atom. The average molecular weight is 290 g/mol. The van der Waals surface area contributed by atoms with Gasteiger partial charge in [0.25, 0.3) is 0 Å². The second kappa shape index (κ2) is 7.20. The summed E-state index contributed by atoms with van der Waals surface area (Å²) in [6, 6.07) is 16.5. The van der Waals surface area contributed by atoms with E-state index in [0.29, 0.717) is 17.0 Å². The van der Waals surface area contributed by atoms with E-state index < -0.39 is 0 Å². The van der Waals surface area contributed by atoms with Gasteiger partial charge in [0.1, 0.15) is 0 Å². The molecule has 0 fully saturated rings. The third-order valence-electron chi connectivity index (χ3n) is 3.02. The third kappa shape index (κ3) is 3.90. The molecular weight excluding hydrogens is 274 g/mol. The van der Waals surface area contributed by atoms with Gasteiger partial charge in [-0.05, 0) is 29.8 Å². The number of carbonyl (C=O) groups excluding carboxylic acids is 1. The summed E-state index contributed by atoms with van der Waals surface area (Å²) < 4.78 is 0. The molecule has 0 aliphatic carbocycles. The van der Waals surface area contributed by atoms with Crippen LogP contribution < -0.4 is 5.48 Å². The van der Waals surface area contributed by atoms with Crippen LogP contribution in [0.1, 0.15) is 28.4 Å². The van der Waals surface area contributed by atoms with Gasteiger partial charge in [0.2, 0.25) is 0 Å². The molecule has 1 N–H and O–H groups in total. The number of halogens is 1. The maximum Gasteiger partial charge on any atom is 0.164 e. The molecule has 2 rings (SSSR count). The quantitative estimate of drug-likeness (QED) is 0.649. The minimum Gasteiger partial charge on any atom is -0.305 e. The van der Waals surface area contributed by atoms with E-state index in [-0.39, 0.29) is 11.8 Å². The van der Waals surface area contributed by atoms with Gasteiger partial charge in [0, 0.05) is 17.0 Å². The number of Topliss-reactive ketones (excluding diaryl/α,β-unsaturated/α-hetero) is 1. The van der Waals surface area contributed by atoms with Crippen LogP contribution in [0.3, 0.4) is 0 Å². The Morgan fingerprint density at radius 2 is 1.80 bits per heavy atom. The van der Waals surface area contributed by atoms with Gasteiger partial charge >= 0.3 is 0 Å². The summed E-state index contributed by atoms with van der Waals surface area (Å²) in [5, 5.41) is 0.621. The van der Waals surface area contributed by atoms with Crippen molar-refractivity contribution in [2.75, 3.05) is 7.11 Å². The number of nitrogens with one attached hydrogen (secondary N) is 1. The lowest BCUT2D eigenvalue weighted by Crippen LogP contribution is -2.23. The number of carbonyl (C=O) groups is 1. The highest BCUT2D eigenvalue weighted by Crippen LogP contribution is 2.20. The lowest BCUT2D eigenvalue weighted by atomic mass is 9.98. The van der Waals surface area contributed by atoms with E-state index in [1.54, 1.807) is 31.4 Å². The van der Waals surface area contributed by atoms with Gasteiger partial charge in [-0.25, -0.2) is 0 Å². The SMILES string of the molecule is CON[C@@H](CC(=O)c1ccc(Cl)cc1)c1ccccc1. The van der Waals surface area contributed by atoms with E-state index in [1.807, 2.05) is 30.3 Å².